The third kappa shape index (κ3) is 4.60. The summed E-state index contributed by atoms with van der Waals surface area (Å²) in [6.45, 7) is 5.84. The fourth-order valence-corrected chi connectivity index (χ4v) is 2.77. The molecule has 3 aromatic rings. The minimum Gasteiger partial charge on any atom is -0.491 e. The number of aromatic amines is 1. The van der Waals surface area contributed by atoms with Gasteiger partial charge in [-0.2, -0.15) is 0 Å². The molecule has 0 atom stereocenters. The van der Waals surface area contributed by atoms with Gasteiger partial charge in [0.1, 0.15) is 17.3 Å². The average molecular weight is 395 g/mol. The Morgan fingerprint density at radius 2 is 1.72 bits per heavy atom. The summed E-state index contributed by atoms with van der Waals surface area (Å²) in [5, 5.41) is 10.9. The van der Waals surface area contributed by atoms with Crippen LogP contribution < -0.4 is 4.74 Å². The normalized spacial score (nSPS) is 10.8. The molecule has 0 bridgehead atoms. The molecular weight excluding hydrogens is 374 g/mol. The second-order valence-electron chi connectivity index (χ2n) is 6.52. The Morgan fingerprint density at radius 1 is 1.10 bits per heavy atom. The number of non-ortho nitro benzene ring substituents is 1. The van der Waals surface area contributed by atoms with E-state index in [-0.39, 0.29) is 24.1 Å². The van der Waals surface area contributed by atoms with Crippen molar-refractivity contribution in [2.24, 2.45) is 0 Å². The molecule has 3 rings (SSSR count). The topological polar surface area (TPSA) is 107 Å². The SMILES string of the molecule is CCOC(=O)c1[nH]c(-c2ccc([N+](=O)[O-])cc2)nc1-c1ccc(OC(C)C)cc1. The van der Waals surface area contributed by atoms with E-state index in [0.717, 1.165) is 0 Å². The van der Waals surface area contributed by atoms with E-state index in [1.807, 2.05) is 38.1 Å². The molecule has 29 heavy (non-hydrogen) atoms. The second kappa shape index (κ2) is 8.55. The van der Waals surface area contributed by atoms with E-state index in [1.54, 1.807) is 19.1 Å². The molecule has 0 saturated carbocycles. The highest BCUT2D eigenvalue weighted by Gasteiger charge is 2.21. The number of nitro benzene ring substituents is 1. The molecule has 1 N–H and O–H groups in total. The molecule has 0 saturated heterocycles. The van der Waals surface area contributed by atoms with Gasteiger partial charge >= 0.3 is 5.97 Å². The van der Waals surface area contributed by atoms with E-state index in [9.17, 15) is 14.9 Å². The van der Waals surface area contributed by atoms with Crippen LogP contribution in [0.2, 0.25) is 0 Å². The first-order chi connectivity index (χ1) is 13.9. The lowest BCUT2D eigenvalue weighted by Gasteiger charge is -2.10. The monoisotopic (exact) mass is 395 g/mol. The van der Waals surface area contributed by atoms with Crippen LogP contribution in [0.3, 0.4) is 0 Å². The van der Waals surface area contributed by atoms with Gasteiger partial charge in [0, 0.05) is 23.3 Å². The molecule has 0 fully saturated rings. The van der Waals surface area contributed by atoms with Gasteiger partial charge in [-0.15, -0.1) is 0 Å². The van der Waals surface area contributed by atoms with E-state index in [2.05, 4.69) is 9.97 Å². The fraction of sp³-hybridized carbons (Fsp3) is 0.238. The number of nitrogens with zero attached hydrogens (tertiary/aromatic N) is 2. The first-order valence-corrected chi connectivity index (χ1v) is 9.18. The van der Waals surface area contributed by atoms with Crippen molar-refractivity contribution >= 4 is 11.7 Å². The summed E-state index contributed by atoms with van der Waals surface area (Å²) in [5.41, 5.74) is 1.97. The lowest BCUT2D eigenvalue weighted by Crippen LogP contribution is -2.07. The zero-order valence-corrected chi connectivity index (χ0v) is 16.3. The Labute approximate surface area is 167 Å². The predicted molar refractivity (Wildman–Crippen MR) is 108 cm³/mol. The smallest absolute Gasteiger partial charge is 0.357 e. The zero-order chi connectivity index (χ0) is 21.0. The fourth-order valence-electron chi connectivity index (χ4n) is 2.77. The molecule has 8 nitrogen and oxygen atoms in total. The van der Waals surface area contributed by atoms with Gasteiger partial charge in [0.05, 0.1) is 17.6 Å². The van der Waals surface area contributed by atoms with Crippen LogP contribution in [0.25, 0.3) is 22.6 Å². The van der Waals surface area contributed by atoms with E-state index in [4.69, 9.17) is 9.47 Å². The van der Waals surface area contributed by atoms with Crippen molar-refractivity contribution in [2.45, 2.75) is 26.9 Å². The molecule has 0 radical (unpaired) electrons. The number of nitrogens with one attached hydrogen (secondary N) is 1. The number of aromatic nitrogens is 2. The average Bonchev–Trinajstić information content (AvgIpc) is 3.14. The summed E-state index contributed by atoms with van der Waals surface area (Å²) < 4.78 is 10.8. The highest BCUT2D eigenvalue weighted by molar-refractivity contribution is 5.95. The summed E-state index contributed by atoms with van der Waals surface area (Å²) in [4.78, 5) is 30.4. The van der Waals surface area contributed by atoms with Crippen molar-refractivity contribution in [1.29, 1.82) is 0 Å². The van der Waals surface area contributed by atoms with Crippen LogP contribution in [0.15, 0.2) is 48.5 Å². The standard InChI is InChI=1S/C21H21N3O5/c1-4-28-21(25)19-18(14-7-11-17(12-8-14)29-13(2)3)22-20(23-19)15-5-9-16(10-6-15)24(26)27/h5-13H,4H2,1-3H3,(H,22,23). The molecule has 0 amide bonds. The lowest BCUT2D eigenvalue weighted by molar-refractivity contribution is -0.384. The molecule has 8 heteroatoms. The van der Waals surface area contributed by atoms with Crippen LogP contribution in [-0.4, -0.2) is 33.6 Å². The summed E-state index contributed by atoms with van der Waals surface area (Å²) in [5.74, 6) is 0.610. The van der Waals surface area contributed by atoms with Gasteiger partial charge in [0.25, 0.3) is 5.69 Å². The van der Waals surface area contributed by atoms with Gasteiger partial charge in [-0.25, -0.2) is 9.78 Å². The number of hydrogen-bond donors (Lipinski definition) is 1. The van der Waals surface area contributed by atoms with Crippen molar-refractivity contribution in [1.82, 2.24) is 9.97 Å². The number of hydrogen-bond acceptors (Lipinski definition) is 6. The number of ether oxygens (including phenoxy) is 2. The molecule has 1 aromatic heterocycles. The highest BCUT2D eigenvalue weighted by atomic mass is 16.6. The molecule has 1 heterocycles. The third-order valence-electron chi connectivity index (χ3n) is 4.03. The molecule has 2 aromatic carbocycles. The van der Waals surface area contributed by atoms with Crippen molar-refractivity contribution in [3.63, 3.8) is 0 Å². The van der Waals surface area contributed by atoms with Gasteiger partial charge in [0.2, 0.25) is 0 Å². The second-order valence-corrected chi connectivity index (χ2v) is 6.52. The predicted octanol–water partition coefficient (Wildman–Crippen LogP) is 4.62. The summed E-state index contributed by atoms with van der Waals surface area (Å²) in [6, 6.07) is 13.2. The number of rotatable bonds is 7. The molecule has 150 valence electrons. The minimum atomic E-state index is -0.523. The van der Waals surface area contributed by atoms with E-state index in [0.29, 0.717) is 28.4 Å². The summed E-state index contributed by atoms with van der Waals surface area (Å²) >= 11 is 0. The maximum absolute atomic E-state index is 12.4. The van der Waals surface area contributed by atoms with Crippen LogP contribution in [0, 0.1) is 10.1 Å². The van der Waals surface area contributed by atoms with Crippen LogP contribution in [0.1, 0.15) is 31.3 Å². The van der Waals surface area contributed by atoms with Crippen LogP contribution in [-0.2, 0) is 4.74 Å². The Bertz CT molecular complexity index is 1010. The molecule has 0 aliphatic rings. The first kappa shape index (κ1) is 20.1. The third-order valence-corrected chi connectivity index (χ3v) is 4.03. The lowest BCUT2D eigenvalue weighted by atomic mass is 10.1. The quantitative estimate of drug-likeness (QED) is 0.355. The van der Waals surface area contributed by atoms with Gasteiger partial charge in [-0.05, 0) is 57.2 Å². The van der Waals surface area contributed by atoms with Crippen LogP contribution in [0.4, 0.5) is 5.69 Å². The Balaban J connectivity index is 2.01. The Kier molecular flexibility index (Phi) is 5.92. The summed E-state index contributed by atoms with van der Waals surface area (Å²) in [7, 11) is 0. The molecule has 0 spiro atoms. The number of nitro groups is 1. The number of carbonyl (C=O) groups is 1. The maximum Gasteiger partial charge on any atom is 0.357 e. The number of imidazole rings is 1. The van der Waals surface area contributed by atoms with Crippen LogP contribution in [0.5, 0.6) is 5.75 Å². The van der Waals surface area contributed by atoms with Gasteiger partial charge in [0.15, 0.2) is 5.69 Å². The maximum atomic E-state index is 12.4. The van der Waals surface area contributed by atoms with Gasteiger partial charge < -0.3 is 14.5 Å². The van der Waals surface area contributed by atoms with E-state index >= 15 is 0 Å². The van der Waals surface area contributed by atoms with E-state index < -0.39 is 10.9 Å². The van der Waals surface area contributed by atoms with Crippen molar-refractivity contribution in [3.8, 4) is 28.4 Å². The van der Waals surface area contributed by atoms with Gasteiger partial charge in [-0.3, -0.25) is 10.1 Å². The van der Waals surface area contributed by atoms with Gasteiger partial charge in [-0.1, -0.05) is 0 Å². The highest BCUT2D eigenvalue weighted by Crippen LogP contribution is 2.29. The van der Waals surface area contributed by atoms with Crippen molar-refractivity contribution in [3.05, 3.63) is 64.3 Å². The molecule has 0 aliphatic heterocycles. The van der Waals surface area contributed by atoms with E-state index in [1.165, 1.54) is 12.1 Å². The largest absolute Gasteiger partial charge is 0.491 e. The number of H-pyrrole nitrogens is 1. The number of benzene rings is 2. The summed E-state index contributed by atoms with van der Waals surface area (Å²) in [6.07, 6.45) is 0.0510. The molecule has 0 aliphatic carbocycles. The Hall–Kier alpha value is -3.68. The number of carbonyl (C=O) groups excluding carboxylic acids is 1. The first-order valence-electron chi connectivity index (χ1n) is 9.18. The van der Waals surface area contributed by atoms with Crippen molar-refractivity contribution < 1.29 is 19.2 Å². The Morgan fingerprint density at radius 3 is 2.28 bits per heavy atom. The van der Waals surface area contributed by atoms with Crippen LogP contribution >= 0.6 is 0 Å². The van der Waals surface area contributed by atoms with Crippen molar-refractivity contribution in [2.75, 3.05) is 6.61 Å². The minimum absolute atomic E-state index is 0.0214. The molecular formula is C21H21N3O5. The molecule has 0 unspecified atom stereocenters. The number of esters is 1. The zero-order valence-electron chi connectivity index (χ0n) is 16.3.